The molecule has 0 aliphatic rings. The number of rotatable bonds is 5. The summed E-state index contributed by atoms with van der Waals surface area (Å²) in [4.78, 5) is 18.2. The van der Waals surface area contributed by atoms with Gasteiger partial charge in [0, 0.05) is 19.9 Å². The van der Waals surface area contributed by atoms with Gasteiger partial charge < -0.3 is 15.2 Å². The number of carboxylic acids is 1. The minimum Gasteiger partial charge on any atom is -0.477 e. The van der Waals surface area contributed by atoms with Gasteiger partial charge in [-0.05, 0) is 6.07 Å². The average Bonchev–Trinajstić information content (AvgIpc) is 2.19. The van der Waals surface area contributed by atoms with E-state index in [0.29, 0.717) is 19.1 Å². The predicted octanol–water partition coefficient (Wildman–Crippen LogP) is 0.233. The SMILES string of the molecule is COCCNc1nccc(C(=O)O)n1. The summed E-state index contributed by atoms with van der Waals surface area (Å²) in [5, 5.41) is 11.5. The van der Waals surface area contributed by atoms with Crippen molar-refractivity contribution in [2.75, 3.05) is 25.6 Å². The predicted molar refractivity (Wildman–Crippen MR) is 49.4 cm³/mol. The van der Waals surface area contributed by atoms with Gasteiger partial charge in [-0.15, -0.1) is 0 Å². The first kappa shape index (κ1) is 10.4. The van der Waals surface area contributed by atoms with Crippen LogP contribution in [0.3, 0.4) is 0 Å². The Labute approximate surface area is 80.9 Å². The molecule has 0 saturated carbocycles. The van der Waals surface area contributed by atoms with E-state index in [1.807, 2.05) is 0 Å². The number of carbonyl (C=O) groups is 1. The summed E-state index contributed by atoms with van der Waals surface area (Å²) in [5.41, 5.74) is -0.0279. The van der Waals surface area contributed by atoms with Crippen molar-refractivity contribution in [3.63, 3.8) is 0 Å². The maximum Gasteiger partial charge on any atom is 0.354 e. The molecule has 2 N–H and O–H groups in total. The van der Waals surface area contributed by atoms with E-state index < -0.39 is 5.97 Å². The van der Waals surface area contributed by atoms with Crippen molar-refractivity contribution in [3.05, 3.63) is 18.0 Å². The van der Waals surface area contributed by atoms with Gasteiger partial charge in [0.2, 0.25) is 5.95 Å². The first-order chi connectivity index (χ1) is 6.74. The molecule has 0 atom stereocenters. The number of hydrogen-bond acceptors (Lipinski definition) is 5. The molecule has 0 radical (unpaired) electrons. The quantitative estimate of drug-likeness (QED) is 0.657. The summed E-state index contributed by atoms with van der Waals surface area (Å²) in [5.74, 6) is -0.774. The highest BCUT2D eigenvalue weighted by Crippen LogP contribution is 1.99. The highest BCUT2D eigenvalue weighted by Gasteiger charge is 2.04. The van der Waals surface area contributed by atoms with Gasteiger partial charge in [-0.3, -0.25) is 0 Å². The van der Waals surface area contributed by atoms with Crippen molar-refractivity contribution in [2.45, 2.75) is 0 Å². The van der Waals surface area contributed by atoms with E-state index in [9.17, 15) is 4.79 Å². The lowest BCUT2D eigenvalue weighted by atomic mass is 10.4. The van der Waals surface area contributed by atoms with Gasteiger partial charge in [-0.2, -0.15) is 0 Å². The van der Waals surface area contributed by atoms with Crippen molar-refractivity contribution < 1.29 is 14.6 Å². The molecule has 0 fully saturated rings. The molecule has 0 aliphatic heterocycles. The van der Waals surface area contributed by atoms with Gasteiger partial charge >= 0.3 is 5.97 Å². The smallest absolute Gasteiger partial charge is 0.354 e. The molecule has 6 nitrogen and oxygen atoms in total. The molecule has 0 saturated heterocycles. The Bertz CT molecular complexity index is 316. The van der Waals surface area contributed by atoms with Gasteiger partial charge in [0.15, 0.2) is 5.69 Å². The molecule has 14 heavy (non-hydrogen) atoms. The van der Waals surface area contributed by atoms with Crippen LogP contribution < -0.4 is 5.32 Å². The second kappa shape index (κ2) is 5.13. The molecular weight excluding hydrogens is 186 g/mol. The maximum atomic E-state index is 10.5. The fourth-order valence-corrected chi connectivity index (χ4v) is 0.828. The lowest BCUT2D eigenvalue weighted by Crippen LogP contribution is -2.12. The highest BCUT2D eigenvalue weighted by atomic mass is 16.5. The molecule has 0 spiro atoms. The lowest BCUT2D eigenvalue weighted by Gasteiger charge is -2.03. The Hall–Kier alpha value is -1.69. The van der Waals surface area contributed by atoms with Crippen molar-refractivity contribution in [2.24, 2.45) is 0 Å². The Kier molecular flexibility index (Phi) is 3.81. The Morgan fingerprint density at radius 3 is 3.14 bits per heavy atom. The van der Waals surface area contributed by atoms with Gasteiger partial charge in [-0.1, -0.05) is 0 Å². The summed E-state index contributed by atoms with van der Waals surface area (Å²) >= 11 is 0. The fourth-order valence-electron chi connectivity index (χ4n) is 0.828. The highest BCUT2D eigenvalue weighted by molar-refractivity contribution is 5.85. The van der Waals surface area contributed by atoms with E-state index in [0.717, 1.165) is 0 Å². The van der Waals surface area contributed by atoms with E-state index >= 15 is 0 Å². The summed E-state index contributed by atoms with van der Waals surface area (Å²) in [6, 6.07) is 1.34. The number of methoxy groups -OCH3 is 1. The van der Waals surface area contributed by atoms with Crippen LogP contribution in [0.15, 0.2) is 12.3 Å². The van der Waals surface area contributed by atoms with Crippen LogP contribution in [-0.4, -0.2) is 41.3 Å². The minimum atomic E-state index is -1.07. The Morgan fingerprint density at radius 2 is 2.50 bits per heavy atom. The zero-order chi connectivity index (χ0) is 10.4. The van der Waals surface area contributed by atoms with Crippen molar-refractivity contribution in [1.29, 1.82) is 0 Å². The zero-order valence-electron chi connectivity index (χ0n) is 7.73. The van der Waals surface area contributed by atoms with Crippen LogP contribution >= 0.6 is 0 Å². The molecule has 0 aliphatic carbocycles. The number of ether oxygens (including phenoxy) is 1. The molecule has 76 valence electrons. The third-order valence-corrected chi connectivity index (χ3v) is 1.46. The standard InChI is InChI=1S/C8H11N3O3/c1-14-5-4-10-8-9-3-2-6(11-8)7(12)13/h2-3H,4-5H2,1H3,(H,12,13)(H,9,10,11). The molecular formula is C8H11N3O3. The average molecular weight is 197 g/mol. The van der Waals surface area contributed by atoms with E-state index in [1.165, 1.54) is 12.3 Å². The van der Waals surface area contributed by atoms with Crippen molar-refractivity contribution >= 4 is 11.9 Å². The third kappa shape index (κ3) is 2.98. The molecule has 0 bridgehead atoms. The molecule has 0 amide bonds. The van der Waals surface area contributed by atoms with E-state index in [4.69, 9.17) is 9.84 Å². The summed E-state index contributed by atoms with van der Waals surface area (Å²) in [6.07, 6.45) is 1.39. The normalized spacial score (nSPS) is 9.79. The minimum absolute atomic E-state index is 0.0279. The van der Waals surface area contributed by atoms with Crippen molar-refractivity contribution in [1.82, 2.24) is 9.97 Å². The number of hydrogen-bond donors (Lipinski definition) is 2. The molecule has 1 rings (SSSR count). The zero-order valence-corrected chi connectivity index (χ0v) is 7.73. The maximum absolute atomic E-state index is 10.5. The number of nitrogens with zero attached hydrogens (tertiary/aromatic N) is 2. The lowest BCUT2D eigenvalue weighted by molar-refractivity contribution is 0.0690. The number of anilines is 1. The van der Waals surface area contributed by atoms with Crippen LogP contribution in [0.1, 0.15) is 10.5 Å². The summed E-state index contributed by atoms with van der Waals surface area (Å²) in [6.45, 7) is 1.06. The van der Waals surface area contributed by atoms with Crippen LogP contribution in [0.5, 0.6) is 0 Å². The largest absolute Gasteiger partial charge is 0.477 e. The van der Waals surface area contributed by atoms with Crippen LogP contribution in [0.4, 0.5) is 5.95 Å². The third-order valence-electron chi connectivity index (χ3n) is 1.46. The van der Waals surface area contributed by atoms with Crippen LogP contribution in [0.25, 0.3) is 0 Å². The van der Waals surface area contributed by atoms with Gasteiger partial charge in [-0.25, -0.2) is 14.8 Å². The molecule has 1 heterocycles. The summed E-state index contributed by atoms with van der Waals surface area (Å²) in [7, 11) is 1.58. The van der Waals surface area contributed by atoms with Crippen LogP contribution in [-0.2, 0) is 4.74 Å². The van der Waals surface area contributed by atoms with Gasteiger partial charge in [0.1, 0.15) is 0 Å². The Balaban J connectivity index is 2.59. The first-order valence-corrected chi connectivity index (χ1v) is 4.03. The van der Waals surface area contributed by atoms with Gasteiger partial charge in [0.25, 0.3) is 0 Å². The first-order valence-electron chi connectivity index (χ1n) is 4.03. The monoisotopic (exact) mass is 197 g/mol. The molecule has 0 unspecified atom stereocenters. The van der Waals surface area contributed by atoms with Gasteiger partial charge in [0.05, 0.1) is 6.61 Å². The topological polar surface area (TPSA) is 84.3 Å². The molecule has 1 aromatic heterocycles. The van der Waals surface area contributed by atoms with Crippen molar-refractivity contribution in [3.8, 4) is 0 Å². The van der Waals surface area contributed by atoms with E-state index in [-0.39, 0.29) is 5.69 Å². The second-order valence-corrected chi connectivity index (χ2v) is 2.49. The fraction of sp³-hybridized carbons (Fsp3) is 0.375. The van der Waals surface area contributed by atoms with E-state index in [2.05, 4.69) is 15.3 Å². The molecule has 1 aromatic rings. The molecule has 6 heteroatoms. The number of aromatic nitrogens is 2. The Morgan fingerprint density at radius 1 is 1.71 bits per heavy atom. The molecule has 0 aromatic carbocycles. The van der Waals surface area contributed by atoms with Crippen LogP contribution in [0.2, 0.25) is 0 Å². The number of nitrogens with one attached hydrogen (secondary N) is 1. The number of carboxylic acid groups (broad SMARTS) is 1. The summed E-state index contributed by atoms with van der Waals surface area (Å²) < 4.78 is 4.81. The number of aromatic carboxylic acids is 1. The second-order valence-electron chi connectivity index (χ2n) is 2.49. The van der Waals surface area contributed by atoms with E-state index in [1.54, 1.807) is 7.11 Å². The van der Waals surface area contributed by atoms with Crippen LogP contribution in [0, 0.1) is 0 Å².